The maximum atomic E-state index is 13.1. The number of carbonyl (C=O) groups is 1. The summed E-state index contributed by atoms with van der Waals surface area (Å²) in [5.74, 6) is 0.825. The lowest BCUT2D eigenvalue weighted by Gasteiger charge is -2.31. The van der Waals surface area contributed by atoms with Gasteiger partial charge in [-0.25, -0.2) is 0 Å². The normalized spacial score (nSPS) is 21.8. The molecule has 25 heavy (non-hydrogen) atoms. The number of hydrogen-bond donors (Lipinski definition) is 0. The summed E-state index contributed by atoms with van der Waals surface area (Å²) >= 11 is 0. The molecule has 0 radical (unpaired) electrons. The summed E-state index contributed by atoms with van der Waals surface area (Å²) in [6, 6.07) is 16.1. The molecule has 0 saturated carbocycles. The zero-order chi connectivity index (χ0) is 16.8. The van der Waals surface area contributed by atoms with Crippen LogP contribution in [0.2, 0.25) is 0 Å². The van der Waals surface area contributed by atoms with Crippen molar-refractivity contribution in [2.45, 2.75) is 31.3 Å². The van der Waals surface area contributed by atoms with E-state index in [2.05, 4.69) is 22.2 Å². The summed E-state index contributed by atoms with van der Waals surface area (Å²) in [6.45, 7) is 0. The first-order valence-electron chi connectivity index (χ1n) is 8.75. The largest absolute Gasteiger partial charge is 0.355 e. The van der Waals surface area contributed by atoms with Gasteiger partial charge in [-0.1, -0.05) is 47.6 Å². The minimum Gasteiger partial charge on any atom is -0.355 e. The minimum atomic E-state index is 0.110. The van der Waals surface area contributed by atoms with E-state index in [0.717, 1.165) is 35.7 Å². The van der Waals surface area contributed by atoms with Gasteiger partial charge in [-0.15, -0.1) is 0 Å². The Kier molecular flexibility index (Phi) is 3.23. The molecule has 1 amide bonds. The molecule has 2 atom stereocenters. The number of hydrogen-bond acceptors (Lipinski definition) is 3. The van der Waals surface area contributed by atoms with Crippen LogP contribution in [0.5, 0.6) is 0 Å². The summed E-state index contributed by atoms with van der Waals surface area (Å²) < 4.78 is 5.55. The van der Waals surface area contributed by atoms with Crippen LogP contribution in [0.1, 0.15) is 29.6 Å². The quantitative estimate of drug-likeness (QED) is 0.653. The summed E-state index contributed by atoms with van der Waals surface area (Å²) in [5, 5.41) is 5.03. The number of nitrogens with zero attached hydrogens (tertiary/aromatic N) is 2. The van der Waals surface area contributed by atoms with E-state index in [4.69, 9.17) is 4.52 Å². The molecule has 2 bridgehead atoms. The molecule has 3 aromatic rings. The number of amides is 1. The molecule has 4 nitrogen and oxygen atoms in total. The highest BCUT2D eigenvalue weighted by Crippen LogP contribution is 2.34. The molecule has 2 aliphatic heterocycles. The fourth-order valence-electron chi connectivity index (χ4n) is 4.06. The van der Waals surface area contributed by atoms with E-state index in [0.29, 0.717) is 17.4 Å². The fourth-order valence-corrected chi connectivity index (χ4v) is 4.06. The Bertz CT molecular complexity index is 974. The van der Waals surface area contributed by atoms with Crippen molar-refractivity contribution in [3.63, 3.8) is 0 Å². The molecule has 0 aliphatic carbocycles. The van der Waals surface area contributed by atoms with E-state index in [9.17, 15) is 4.79 Å². The molecular formula is C21H18N2O2. The molecule has 2 unspecified atom stereocenters. The van der Waals surface area contributed by atoms with Crippen molar-refractivity contribution in [3.8, 4) is 11.3 Å². The first-order chi connectivity index (χ1) is 12.3. The minimum absolute atomic E-state index is 0.110. The number of rotatable bonds is 2. The monoisotopic (exact) mass is 330 g/mol. The molecular weight excluding hydrogens is 312 g/mol. The van der Waals surface area contributed by atoms with Crippen molar-refractivity contribution in [3.05, 3.63) is 66.2 Å². The molecule has 1 fully saturated rings. The summed E-state index contributed by atoms with van der Waals surface area (Å²) in [7, 11) is 0. The lowest BCUT2D eigenvalue weighted by atomic mass is 10.0. The van der Waals surface area contributed by atoms with Crippen LogP contribution in [0.3, 0.4) is 0 Å². The lowest BCUT2D eigenvalue weighted by molar-refractivity contribution is 0.0689. The highest BCUT2D eigenvalue weighted by molar-refractivity contribution is 6.01. The van der Waals surface area contributed by atoms with Gasteiger partial charge >= 0.3 is 0 Å². The Labute approximate surface area is 145 Å². The van der Waals surface area contributed by atoms with Crippen molar-refractivity contribution >= 4 is 16.8 Å². The Hall–Kier alpha value is -2.88. The van der Waals surface area contributed by atoms with Crippen LogP contribution in [-0.4, -0.2) is 28.0 Å². The number of benzene rings is 2. The van der Waals surface area contributed by atoms with E-state index in [1.54, 1.807) is 0 Å². The summed E-state index contributed by atoms with van der Waals surface area (Å²) in [5.41, 5.74) is 2.45. The molecule has 2 aliphatic rings. The van der Waals surface area contributed by atoms with Crippen LogP contribution < -0.4 is 0 Å². The van der Waals surface area contributed by atoms with Gasteiger partial charge in [-0.2, -0.15) is 0 Å². The Morgan fingerprint density at radius 3 is 2.84 bits per heavy atom. The number of aromatic nitrogens is 1. The predicted octanol–water partition coefficient (Wildman–Crippen LogP) is 4.43. The molecule has 2 aromatic carbocycles. The predicted molar refractivity (Wildman–Crippen MR) is 96.2 cm³/mol. The van der Waals surface area contributed by atoms with Crippen molar-refractivity contribution in [1.82, 2.24) is 10.1 Å². The van der Waals surface area contributed by atoms with Crippen LogP contribution in [-0.2, 0) is 0 Å². The van der Waals surface area contributed by atoms with Crippen molar-refractivity contribution in [1.29, 1.82) is 0 Å². The topological polar surface area (TPSA) is 46.3 Å². The van der Waals surface area contributed by atoms with Crippen LogP contribution in [0.25, 0.3) is 22.2 Å². The molecule has 0 spiro atoms. The summed E-state index contributed by atoms with van der Waals surface area (Å²) in [4.78, 5) is 15.2. The van der Waals surface area contributed by atoms with E-state index in [-0.39, 0.29) is 11.9 Å². The zero-order valence-electron chi connectivity index (χ0n) is 13.8. The molecule has 4 heteroatoms. The van der Waals surface area contributed by atoms with E-state index in [1.165, 1.54) is 0 Å². The number of fused-ring (bicyclic) bond motifs is 3. The fraction of sp³-hybridized carbons (Fsp3) is 0.238. The van der Waals surface area contributed by atoms with Crippen LogP contribution in [0, 0.1) is 0 Å². The van der Waals surface area contributed by atoms with Crippen LogP contribution in [0.15, 0.2) is 65.2 Å². The Morgan fingerprint density at radius 2 is 2.00 bits per heavy atom. The van der Waals surface area contributed by atoms with Crippen molar-refractivity contribution < 1.29 is 9.32 Å². The number of carbonyl (C=O) groups excluding carboxylic acids is 1. The molecule has 0 N–H and O–H groups in total. The van der Waals surface area contributed by atoms with Gasteiger partial charge < -0.3 is 9.42 Å². The maximum absolute atomic E-state index is 13.1. The van der Waals surface area contributed by atoms with E-state index < -0.39 is 0 Å². The molecule has 1 saturated heterocycles. The standard InChI is InChI=1S/C21H18N2O2/c24-21(23-16-7-4-8-17(23)11-10-16)15-9-12-19-18(13-15)20(25-22-19)14-5-2-1-3-6-14/h1-7,9,12-13,16-17H,8,10-11H2. The maximum Gasteiger partial charge on any atom is 0.254 e. The van der Waals surface area contributed by atoms with Gasteiger partial charge in [0.15, 0.2) is 5.76 Å². The van der Waals surface area contributed by atoms with Crippen molar-refractivity contribution in [2.75, 3.05) is 0 Å². The van der Waals surface area contributed by atoms with Gasteiger partial charge in [0.2, 0.25) is 0 Å². The van der Waals surface area contributed by atoms with Crippen LogP contribution >= 0.6 is 0 Å². The third kappa shape index (κ3) is 2.29. The first kappa shape index (κ1) is 14.5. The third-order valence-corrected chi connectivity index (χ3v) is 5.31. The SMILES string of the molecule is O=C(c1ccc2noc(-c3ccccc3)c2c1)N1C2C=CCC1CC2. The molecule has 5 rings (SSSR count). The van der Waals surface area contributed by atoms with Crippen LogP contribution in [0.4, 0.5) is 0 Å². The average Bonchev–Trinajstić information content (AvgIpc) is 3.19. The smallest absolute Gasteiger partial charge is 0.254 e. The Morgan fingerprint density at radius 1 is 1.12 bits per heavy atom. The molecule has 124 valence electrons. The zero-order valence-corrected chi connectivity index (χ0v) is 13.8. The van der Waals surface area contributed by atoms with Gasteiger partial charge in [0.05, 0.1) is 11.4 Å². The van der Waals surface area contributed by atoms with Gasteiger partial charge in [-0.05, 0) is 37.5 Å². The third-order valence-electron chi connectivity index (χ3n) is 5.31. The highest BCUT2D eigenvalue weighted by Gasteiger charge is 2.37. The highest BCUT2D eigenvalue weighted by atomic mass is 16.5. The van der Waals surface area contributed by atoms with Gasteiger partial charge in [-0.3, -0.25) is 4.79 Å². The second-order valence-electron chi connectivity index (χ2n) is 6.78. The molecule has 1 aromatic heterocycles. The Balaban J connectivity index is 1.56. The van der Waals surface area contributed by atoms with E-state index >= 15 is 0 Å². The van der Waals surface area contributed by atoms with E-state index in [1.807, 2.05) is 48.5 Å². The van der Waals surface area contributed by atoms with Gasteiger partial charge in [0.1, 0.15) is 5.52 Å². The van der Waals surface area contributed by atoms with Gasteiger partial charge in [0, 0.05) is 17.2 Å². The second kappa shape index (κ2) is 5.59. The summed E-state index contributed by atoms with van der Waals surface area (Å²) in [6.07, 6.45) is 7.51. The average molecular weight is 330 g/mol. The second-order valence-corrected chi connectivity index (χ2v) is 6.78. The van der Waals surface area contributed by atoms with Crippen molar-refractivity contribution in [2.24, 2.45) is 0 Å². The molecule has 3 heterocycles. The first-order valence-corrected chi connectivity index (χ1v) is 8.75. The van der Waals surface area contributed by atoms with Gasteiger partial charge in [0.25, 0.3) is 5.91 Å². The lowest BCUT2D eigenvalue weighted by Crippen LogP contribution is -2.42.